The lowest BCUT2D eigenvalue weighted by atomic mass is 9.59. The zero-order valence-electron chi connectivity index (χ0n) is 33.6. The second-order valence-corrected chi connectivity index (χ2v) is 18.1. The van der Waals surface area contributed by atoms with Crippen LogP contribution in [0.1, 0.15) is 36.8 Å². The fraction of sp³-hybridized carbons (Fsp3) is 0.158. The summed E-state index contributed by atoms with van der Waals surface area (Å²) < 4.78 is 0. The SMILES string of the molecule is c1cncc(-c2nc(-c3c4ccccc4c(-c4ccc5c(c4)C4(c6ccccc6-5)C5CC6CC(C5)C4C6)c4ccccc34)nc(-c3cc4ccccc4c4ccccc34)n2)c1. The van der Waals surface area contributed by atoms with E-state index < -0.39 is 0 Å². The summed E-state index contributed by atoms with van der Waals surface area (Å²) >= 11 is 0. The zero-order chi connectivity index (χ0) is 39.8. The van der Waals surface area contributed by atoms with Gasteiger partial charge in [0.1, 0.15) is 0 Å². The maximum absolute atomic E-state index is 5.48. The van der Waals surface area contributed by atoms with Crippen LogP contribution in [0.25, 0.3) is 99.5 Å². The quantitative estimate of drug-likeness (QED) is 0.132. The molecule has 4 fully saturated rings. The lowest BCUT2D eigenvalue weighted by Gasteiger charge is -2.44. The van der Waals surface area contributed by atoms with Crippen molar-refractivity contribution in [2.45, 2.75) is 31.1 Å². The molecule has 0 saturated heterocycles. The molecule has 5 aliphatic rings. The molecule has 61 heavy (non-hydrogen) atoms. The number of aromatic nitrogens is 4. The molecule has 5 unspecified atom stereocenters. The first kappa shape index (κ1) is 33.8. The Hall–Kier alpha value is -7.04. The van der Waals surface area contributed by atoms with E-state index in [4.69, 9.17) is 15.0 Å². The van der Waals surface area contributed by atoms with Gasteiger partial charge in [-0.15, -0.1) is 0 Å². The summed E-state index contributed by atoms with van der Waals surface area (Å²) in [6.07, 6.45) is 9.20. The topological polar surface area (TPSA) is 51.6 Å². The van der Waals surface area contributed by atoms with Gasteiger partial charge in [0.25, 0.3) is 0 Å². The molecule has 4 nitrogen and oxygen atoms in total. The molecule has 1 spiro atoms. The number of pyridine rings is 1. The Morgan fingerprint density at radius 1 is 0.426 bits per heavy atom. The molecule has 15 rings (SSSR count). The Morgan fingerprint density at radius 3 is 1.85 bits per heavy atom. The van der Waals surface area contributed by atoms with Crippen LogP contribution in [0, 0.1) is 23.7 Å². The van der Waals surface area contributed by atoms with Gasteiger partial charge in [0, 0.05) is 34.5 Å². The van der Waals surface area contributed by atoms with Gasteiger partial charge >= 0.3 is 0 Å². The smallest absolute Gasteiger partial charge is 0.165 e. The molecule has 0 aliphatic heterocycles. The van der Waals surface area contributed by atoms with Gasteiger partial charge in [-0.2, -0.15) is 0 Å². The fourth-order valence-corrected chi connectivity index (χ4v) is 13.3. The van der Waals surface area contributed by atoms with E-state index >= 15 is 0 Å². The summed E-state index contributed by atoms with van der Waals surface area (Å²) in [7, 11) is 0. The third kappa shape index (κ3) is 4.60. The maximum Gasteiger partial charge on any atom is 0.165 e. The molecule has 4 bridgehead atoms. The third-order valence-electron chi connectivity index (χ3n) is 15.4. The second-order valence-electron chi connectivity index (χ2n) is 18.1. The van der Waals surface area contributed by atoms with E-state index in [-0.39, 0.29) is 5.41 Å². The minimum absolute atomic E-state index is 0.113. The first-order valence-electron chi connectivity index (χ1n) is 22.0. The van der Waals surface area contributed by atoms with Crippen molar-refractivity contribution in [1.82, 2.24) is 19.9 Å². The average Bonchev–Trinajstić information content (AvgIpc) is 3.87. The Bertz CT molecular complexity index is 3420. The van der Waals surface area contributed by atoms with Gasteiger partial charge < -0.3 is 0 Å². The summed E-state index contributed by atoms with van der Waals surface area (Å²) in [4.78, 5) is 20.5. The number of benzene rings is 8. The minimum atomic E-state index is 0.113. The monoisotopic (exact) mass is 780 g/mol. The highest BCUT2D eigenvalue weighted by atomic mass is 15.0. The van der Waals surface area contributed by atoms with Crippen molar-refractivity contribution >= 4 is 43.1 Å². The Balaban J connectivity index is 1.03. The molecule has 0 amide bonds. The van der Waals surface area contributed by atoms with Crippen LogP contribution in [0.5, 0.6) is 0 Å². The number of hydrogen-bond donors (Lipinski definition) is 0. The van der Waals surface area contributed by atoms with Crippen molar-refractivity contribution in [2.75, 3.05) is 0 Å². The van der Waals surface area contributed by atoms with Crippen LogP contribution in [0.2, 0.25) is 0 Å². The highest BCUT2D eigenvalue weighted by Gasteiger charge is 2.66. The minimum Gasteiger partial charge on any atom is -0.264 e. The highest BCUT2D eigenvalue weighted by molar-refractivity contribution is 6.21. The number of fused-ring (bicyclic) bond motifs is 8. The van der Waals surface area contributed by atoms with E-state index in [0.29, 0.717) is 17.5 Å². The first-order chi connectivity index (χ1) is 30.2. The normalized spacial score (nSPS) is 21.9. The van der Waals surface area contributed by atoms with Gasteiger partial charge in [0.15, 0.2) is 17.5 Å². The predicted octanol–water partition coefficient (Wildman–Crippen LogP) is 13.9. The molecular weight excluding hydrogens is 741 g/mol. The largest absolute Gasteiger partial charge is 0.264 e. The Kier molecular flexibility index (Phi) is 6.92. The Morgan fingerprint density at radius 2 is 1.08 bits per heavy atom. The van der Waals surface area contributed by atoms with Crippen LogP contribution in [0.4, 0.5) is 0 Å². The number of nitrogens with zero attached hydrogens (tertiary/aromatic N) is 4. The van der Waals surface area contributed by atoms with Crippen LogP contribution in [0.3, 0.4) is 0 Å². The van der Waals surface area contributed by atoms with E-state index in [1.54, 1.807) is 17.3 Å². The van der Waals surface area contributed by atoms with Crippen molar-refractivity contribution in [3.8, 4) is 56.4 Å². The van der Waals surface area contributed by atoms with Crippen molar-refractivity contribution in [2.24, 2.45) is 23.7 Å². The lowest BCUT2D eigenvalue weighted by Crippen LogP contribution is -2.40. The van der Waals surface area contributed by atoms with E-state index in [1.165, 1.54) is 69.5 Å². The van der Waals surface area contributed by atoms with Gasteiger partial charge in [-0.3, -0.25) is 4.98 Å². The van der Waals surface area contributed by atoms with Gasteiger partial charge in [-0.05, 0) is 150 Å². The van der Waals surface area contributed by atoms with Gasteiger partial charge in [-0.1, -0.05) is 133 Å². The number of hydrogen-bond acceptors (Lipinski definition) is 4. The Labute approximate surface area is 354 Å². The second kappa shape index (κ2) is 12.5. The molecule has 2 heterocycles. The molecule has 5 atom stereocenters. The van der Waals surface area contributed by atoms with Gasteiger partial charge in [0.05, 0.1) is 0 Å². The van der Waals surface area contributed by atoms with Crippen molar-refractivity contribution in [3.05, 3.63) is 181 Å². The number of rotatable bonds is 4. The van der Waals surface area contributed by atoms with E-state index in [9.17, 15) is 0 Å². The fourth-order valence-electron chi connectivity index (χ4n) is 13.3. The molecule has 0 radical (unpaired) electrons. The maximum atomic E-state index is 5.48. The summed E-state index contributed by atoms with van der Waals surface area (Å²) in [5, 5.41) is 9.33. The summed E-state index contributed by atoms with van der Waals surface area (Å²) in [6, 6.07) is 58.1. The predicted molar refractivity (Wildman–Crippen MR) is 248 cm³/mol. The lowest BCUT2D eigenvalue weighted by molar-refractivity contribution is 0.191. The zero-order valence-corrected chi connectivity index (χ0v) is 33.6. The van der Waals surface area contributed by atoms with E-state index in [2.05, 4.69) is 151 Å². The summed E-state index contributed by atoms with van der Waals surface area (Å²) in [5.74, 6) is 5.11. The average molecular weight is 781 g/mol. The molecule has 8 aromatic carbocycles. The summed E-state index contributed by atoms with van der Waals surface area (Å²) in [5.41, 5.74) is 11.6. The molecule has 10 aromatic rings. The van der Waals surface area contributed by atoms with E-state index in [0.717, 1.165) is 61.9 Å². The highest BCUT2D eigenvalue weighted by Crippen LogP contribution is 2.73. The molecule has 288 valence electrons. The van der Waals surface area contributed by atoms with Crippen LogP contribution >= 0.6 is 0 Å². The molecule has 4 saturated carbocycles. The van der Waals surface area contributed by atoms with Gasteiger partial charge in [-0.25, -0.2) is 15.0 Å². The van der Waals surface area contributed by atoms with Crippen molar-refractivity contribution in [3.63, 3.8) is 0 Å². The molecular formula is C57H40N4. The standard InChI is InChI=1S/C57H40N4/c1-2-14-39-34(12-1)30-48(41-16-4-3-15-40(39)41)55-59-54(36-13-11-25-58-32-36)60-56(61-55)53-46-20-7-5-18-44(46)52(45-19-6-8-21-47(45)53)35-23-24-43-42-17-9-10-22-49(42)57(51(43)31-35)38-27-33-26-37(29-38)50(57)28-33/h1-25,30-33,37-38,50H,26-29H2. The van der Waals surface area contributed by atoms with Crippen LogP contribution in [0.15, 0.2) is 170 Å². The van der Waals surface area contributed by atoms with Crippen LogP contribution < -0.4 is 0 Å². The molecule has 5 aliphatic carbocycles. The van der Waals surface area contributed by atoms with Crippen molar-refractivity contribution in [1.29, 1.82) is 0 Å². The third-order valence-corrected chi connectivity index (χ3v) is 15.4. The summed E-state index contributed by atoms with van der Waals surface area (Å²) in [6.45, 7) is 0. The molecule has 4 heteroatoms. The molecule has 0 N–H and O–H groups in total. The van der Waals surface area contributed by atoms with Gasteiger partial charge in [0.2, 0.25) is 0 Å². The van der Waals surface area contributed by atoms with Crippen LogP contribution in [-0.2, 0) is 5.41 Å². The van der Waals surface area contributed by atoms with E-state index in [1.807, 2.05) is 18.3 Å². The van der Waals surface area contributed by atoms with Crippen molar-refractivity contribution < 1.29 is 0 Å². The molecule has 2 aromatic heterocycles. The van der Waals surface area contributed by atoms with Crippen LogP contribution in [-0.4, -0.2) is 19.9 Å². The first-order valence-corrected chi connectivity index (χ1v) is 22.0.